The van der Waals surface area contributed by atoms with Gasteiger partial charge in [0, 0.05) is 44.3 Å². The molecular weight excluding hydrogens is 837 g/mol. The number of furan rings is 1. The molecule has 13 aromatic rings. The minimum absolute atomic E-state index is 0.896. The van der Waals surface area contributed by atoms with Crippen molar-refractivity contribution in [3.8, 4) is 61.3 Å². The molecule has 3 heteroatoms. The predicted molar refractivity (Wildman–Crippen MR) is 290 cm³/mol. The Kier molecular flexibility index (Phi) is 9.84. The van der Waals surface area contributed by atoms with Crippen LogP contribution in [0.2, 0.25) is 0 Å². The molecule has 0 aliphatic carbocycles. The highest BCUT2D eigenvalue weighted by molar-refractivity contribution is 6.12. The van der Waals surface area contributed by atoms with Crippen LogP contribution in [-0.4, -0.2) is 4.57 Å². The Morgan fingerprint density at radius 1 is 0.275 bits per heavy atom. The number of hydrogen-bond donors (Lipinski definition) is 0. The van der Waals surface area contributed by atoms with Gasteiger partial charge in [-0.15, -0.1) is 0 Å². The van der Waals surface area contributed by atoms with Crippen molar-refractivity contribution in [3.63, 3.8) is 0 Å². The topological polar surface area (TPSA) is 21.3 Å². The third kappa shape index (κ3) is 7.25. The Labute approximate surface area is 401 Å². The lowest BCUT2D eigenvalue weighted by Crippen LogP contribution is -2.10. The summed E-state index contributed by atoms with van der Waals surface area (Å²) in [7, 11) is 0. The molecule has 0 radical (unpaired) electrons. The van der Waals surface area contributed by atoms with E-state index in [9.17, 15) is 0 Å². The van der Waals surface area contributed by atoms with Crippen molar-refractivity contribution in [2.45, 2.75) is 0 Å². The van der Waals surface area contributed by atoms with Crippen LogP contribution in [0.5, 0.6) is 0 Å². The normalized spacial score (nSPS) is 11.5. The van der Waals surface area contributed by atoms with E-state index in [4.69, 9.17) is 4.42 Å². The summed E-state index contributed by atoms with van der Waals surface area (Å²) in [5.41, 5.74) is 20.3. The fraction of sp³-hybridized carbons (Fsp3) is 0. The molecule has 69 heavy (non-hydrogen) atoms. The van der Waals surface area contributed by atoms with Gasteiger partial charge in [-0.2, -0.15) is 0 Å². The molecule has 2 heterocycles. The van der Waals surface area contributed by atoms with Gasteiger partial charge in [-0.05, 0) is 128 Å². The van der Waals surface area contributed by atoms with Crippen LogP contribution in [-0.2, 0) is 0 Å². The number of benzene rings is 11. The van der Waals surface area contributed by atoms with E-state index in [1.165, 1.54) is 55.2 Å². The zero-order valence-corrected chi connectivity index (χ0v) is 37.7. The smallest absolute Gasteiger partial charge is 0.136 e. The van der Waals surface area contributed by atoms with Gasteiger partial charge in [0.25, 0.3) is 0 Å². The van der Waals surface area contributed by atoms with Gasteiger partial charge in [-0.1, -0.05) is 194 Å². The maximum Gasteiger partial charge on any atom is 0.136 e. The quantitative estimate of drug-likeness (QED) is 0.144. The van der Waals surface area contributed by atoms with E-state index in [0.717, 1.165) is 66.9 Å². The molecule has 0 spiro atoms. The lowest BCUT2D eigenvalue weighted by atomic mass is 9.98. The molecule has 0 N–H and O–H groups in total. The van der Waals surface area contributed by atoms with Crippen molar-refractivity contribution < 1.29 is 4.42 Å². The van der Waals surface area contributed by atoms with Crippen LogP contribution in [0.25, 0.3) is 105 Å². The van der Waals surface area contributed by atoms with E-state index >= 15 is 0 Å². The Morgan fingerprint density at radius 2 is 0.710 bits per heavy atom. The number of nitrogens with zero attached hydrogens (tertiary/aromatic N) is 2. The molecular formula is C66H44N2O. The van der Waals surface area contributed by atoms with Gasteiger partial charge >= 0.3 is 0 Å². The minimum atomic E-state index is 0.896. The van der Waals surface area contributed by atoms with E-state index in [2.05, 4.69) is 264 Å². The molecule has 0 unspecified atom stereocenters. The SMILES string of the molecule is c1ccc(-c2ccc(-c3cccc(N(c4ccc(-c5ccc(-c6cccc(-n7c8ccccc8c8ccccc87)c6)cc5)cc4)c4ccc(-c5cccc6oc7ccccc7c56)cc4)c3)cc2)cc1. The number of para-hydroxylation sites is 3. The van der Waals surface area contributed by atoms with Crippen LogP contribution in [0.3, 0.4) is 0 Å². The molecule has 0 bridgehead atoms. The largest absolute Gasteiger partial charge is 0.456 e. The second-order valence-corrected chi connectivity index (χ2v) is 17.7. The first kappa shape index (κ1) is 40.1. The zero-order valence-electron chi connectivity index (χ0n) is 37.7. The van der Waals surface area contributed by atoms with Gasteiger partial charge < -0.3 is 13.9 Å². The molecule has 0 aliphatic rings. The van der Waals surface area contributed by atoms with Crippen LogP contribution in [0.4, 0.5) is 17.1 Å². The summed E-state index contributed by atoms with van der Waals surface area (Å²) in [6.45, 7) is 0. The Morgan fingerprint density at radius 3 is 1.33 bits per heavy atom. The molecule has 2 aromatic heterocycles. The number of aromatic nitrogens is 1. The highest BCUT2D eigenvalue weighted by Crippen LogP contribution is 2.42. The molecule has 0 amide bonds. The van der Waals surface area contributed by atoms with Crippen LogP contribution in [0.1, 0.15) is 0 Å². The average molecular weight is 881 g/mol. The lowest BCUT2D eigenvalue weighted by molar-refractivity contribution is 0.669. The van der Waals surface area contributed by atoms with Gasteiger partial charge in [-0.3, -0.25) is 0 Å². The third-order valence-electron chi connectivity index (χ3n) is 13.6. The Bertz CT molecular complexity index is 3920. The fourth-order valence-electron chi connectivity index (χ4n) is 10.2. The van der Waals surface area contributed by atoms with Crippen molar-refractivity contribution in [1.29, 1.82) is 0 Å². The molecule has 13 rings (SSSR count). The monoisotopic (exact) mass is 880 g/mol. The molecule has 0 aliphatic heterocycles. The maximum atomic E-state index is 6.27. The second kappa shape index (κ2) is 16.9. The summed E-state index contributed by atoms with van der Waals surface area (Å²) >= 11 is 0. The number of rotatable bonds is 9. The summed E-state index contributed by atoms with van der Waals surface area (Å²) < 4.78 is 8.65. The third-order valence-corrected chi connectivity index (χ3v) is 13.6. The standard InChI is InChI=1S/C66H44N2O/c1-2-13-45(14-3-1)46-27-31-49(32-28-46)52-15-10-17-56(43-52)67(55-41-37-51(38-42-55)58-22-12-26-65-66(58)61-21-6-9-25-64(61)69-65)54-39-35-48(36-40-54)47-29-33-50(34-30-47)53-16-11-18-57(44-53)68-62-23-7-4-19-59(62)60-20-5-8-24-63(60)68/h1-44H. The maximum absolute atomic E-state index is 6.27. The van der Waals surface area contributed by atoms with Gasteiger partial charge in [0.05, 0.1) is 11.0 Å². The Balaban J connectivity index is 0.836. The van der Waals surface area contributed by atoms with Crippen LogP contribution in [0, 0.1) is 0 Å². The van der Waals surface area contributed by atoms with Gasteiger partial charge in [0.1, 0.15) is 11.2 Å². The lowest BCUT2D eigenvalue weighted by Gasteiger charge is -2.26. The second-order valence-electron chi connectivity index (χ2n) is 17.7. The van der Waals surface area contributed by atoms with Crippen molar-refractivity contribution in [3.05, 3.63) is 267 Å². The van der Waals surface area contributed by atoms with Gasteiger partial charge in [-0.25, -0.2) is 0 Å². The fourth-order valence-corrected chi connectivity index (χ4v) is 10.2. The van der Waals surface area contributed by atoms with Gasteiger partial charge in [0.15, 0.2) is 0 Å². The van der Waals surface area contributed by atoms with Crippen molar-refractivity contribution in [2.75, 3.05) is 4.90 Å². The Hall–Kier alpha value is -9.18. The predicted octanol–water partition coefficient (Wildman–Crippen LogP) is 18.5. The summed E-state index contributed by atoms with van der Waals surface area (Å²) in [4.78, 5) is 2.36. The number of fused-ring (bicyclic) bond motifs is 6. The molecule has 0 saturated carbocycles. The summed E-state index contributed by atoms with van der Waals surface area (Å²) in [6, 6.07) is 96.0. The first-order valence-electron chi connectivity index (χ1n) is 23.6. The number of hydrogen-bond acceptors (Lipinski definition) is 2. The summed E-state index contributed by atoms with van der Waals surface area (Å²) in [5, 5.41) is 4.80. The van der Waals surface area contributed by atoms with Crippen molar-refractivity contribution in [1.82, 2.24) is 4.57 Å². The first-order chi connectivity index (χ1) is 34.2. The van der Waals surface area contributed by atoms with E-state index in [-0.39, 0.29) is 0 Å². The first-order valence-corrected chi connectivity index (χ1v) is 23.6. The number of anilines is 3. The summed E-state index contributed by atoms with van der Waals surface area (Å²) in [5.74, 6) is 0. The van der Waals surface area contributed by atoms with Crippen LogP contribution in [0.15, 0.2) is 271 Å². The molecule has 0 saturated heterocycles. The highest BCUT2D eigenvalue weighted by atomic mass is 16.3. The molecule has 324 valence electrons. The zero-order chi connectivity index (χ0) is 45.7. The van der Waals surface area contributed by atoms with Gasteiger partial charge in [0.2, 0.25) is 0 Å². The average Bonchev–Trinajstić information content (AvgIpc) is 3.98. The van der Waals surface area contributed by atoms with Crippen molar-refractivity contribution in [2.24, 2.45) is 0 Å². The van der Waals surface area contributed by atoms with Crippen LogP contribution >= 0.6 is 0 Å². The van der Waals surface area contributed by atoms with E-state index in [1.807, 2.05) is 12.1 Å². The highest BCUT2D eigenvalue weighted by Gasteiger charge is 2.17. The molecule has 0 atom stereocenters. The molecule has 3 nitrogen and oxygen atoms in total. The van der Waals surface area contributed by atoms with Crippen molar-refractivity contribution >= 4 is 60.8 Å². The van der Waals surface area contributed by atoms with Crippen LogP contribution < -0.4 is 4.90 Å². The van der Waals surface area contributed by atoms with E-state index in [0.29, 0.717) is 0 Å². The van der Waals surface area contributed by atoms with E-state index < -0.39 is 0 Å². The minimum Gasteiger partial charge on any atom is -0.456 e. The molecule has 11 aromatic carbocycles. The van der Waals surface area contributed by atoms with E-state index in [1.54, 1.807) is 0 Å². The summed E-state index contributed by atoms with van der Waals surface area (Å²) in [6.07, 6.45) is 0. The molecule has 0 fully saturated rings.